The first-order valence-electron chi connectivity index (χ1n) is 8.31. The van der Waals surface area contributed by atoms with Crippen molar-refractivity contribution in [3.63, 3.8) is 0 Å². The van der Waals surface area contributed by atoms with E-state index in [1.807, 2.05) is 12.1 Å². The van der Waals surface area contributed by atoms with E-state index in [9.17, 15) is 0 Å². The predicted octanol–water partition coefficient (Wildman–Crippen LogP) is 5.87. The molecular weight excluding hydrogens is 292 g/mol. The standard InChI is InChI=1S/C23H20O/c1-23(2)20-16-10-9-15-19(20)21(17-11-5-3-6-12-17)22(24-23)18-13-7-4-8-14-18/h3-16H,1-2H3. The van der Waals surface area contributed by atoms with Gasteiger partial charge in [-0.15, -0.1) is 0 Å². The lowest BCUT2D eigenvalue weighted by molar-refractivity contribution is 0.0721. The average molecular weight is 312 g/mol. The smallest absolute Gasteiger partial charge is 0.136 e. The van der Waals surface area contributed by atoms with Gasteiger partial charge in [-0.3, -0.25) is 0 Å². The highest BCUT2D eigenvalue weighted by Crippen LogP contribution is 2.46. The predicted molar refractivity (Wildman–Crippen MR) is 99.4 cm³/mol. The molecule has 0 amide bonds. The minimum absolute atomic E-state index is 0.361. The van der Waals surface area contributed by atoms with Gasteiger partial charge in [0.15, 0.2) is 0 Å². The van der Waals surface area contributed by atoms with Crippen LogP contribution in [0.15, 0.2) is 84.9 Å². The van der Waals surface area contributed by atoms with Crippen LogP contribution in [0.4, 0.5) is 0 Å². The Morgan fingerprint density at radius 3 is 1.83 bits per heavy atom. The third-order valence-corrected chi connectivity index (χ3v) is 4.53. The highest BCUT2D eigenvalue weighted by atomic mass is 16.5. The van der Waals surface area contributed by atoms with E-state index in [2.05, 4.69) is 86.6 Å². The lowest BCUT2D eigenvalue weighted by Crippen LogP contribution is -2.27. The molecule has 0 aliphatic carbocycles. The summed E-state index contributed by atoms with van der Waals surface area (Å²) >= 11 is 0. The number of rotatable bonds is 2. The van der Waals surface area contributed by atoms with Crippen molar-refractivity contribution in [1.29, 1.82) is 0 Å². The topological polar surface area (TPSA) is 9.23 Å². The maximum Gasteiger partial charge on any atom is 0.136 e. The molecule has 3 aromatic carbocycles. The molecule has 1 aliphatic heterocycles. The molecule has 0 aromatic heterocycles. The normalized spacial score (nSPS) is 15.6. The van der Waals surface area contributed by atoms with Crippen LogP contribution in [-0.2, 0) is 10.3 Å². The van der Waals surface area contributed by atoms with E-state index in [0.29, 0.717) is 0 Å². The lowest BCUT2D eigenvalue weighted by atomic mass is 9.82. The summed E-state index contributed by atoms with van der Waals surface area (Å²) < 4.78 is 6.53. The van der Waals surface area contributed by atoms with Crippen molar-refractivity contribution in [2.24, 2.45) is 0 Å². The Kier molecular flexibility index (Phi) is 3.50. The molecule has 24 heavy (non-hydrogen) atoms. The Balaban J connectivity index is 2.06. The first-order chi connectivity index (χ1) is 11.7. The van der Waals surface area contributed by atoms with Crippen LogP contribution in [-0.4, -0.2) is 0 Å². The molecule has 1 heteroatoms. The van der Waals surface area contributed by atoms with E-state index in [0.717, 1.165) is 16.9 Å². The van der Waals surface area contributed by atoms with Crippen molar-refractivity contribution >= 4 is 11.3 Å². The number of benzene rings is 3. The fourth-order valence-electron chi connectivity index (χ4n) is 3.39. The maximum atomic E-state index is 6.53. The zero-order valence-corrected chi connectivity index (χ0v) is 14.0. The summed E-state index contributed by atoms with van der Waals surface area (Å²) in [6.07, 6.45) is 0. The van der Waals surface area contributed by atoms with Crippen molar-refractivity contribution in [2.75, 3.05) is 0 Å². The molecule has 0 atom stereocenters. The summed E-state index contributed by atoms with van der Waals surface area (Å²) in [7, 11) is 0. The lowest BCUT2D eigenvalue weighted by Gasteiger charge is -2.37. The summed E-state index contributed by atoms with van der Waals surface area (Å²) in [4.78, 5) is 0. The monoisotopic (exact) mass is 312 g/mol. The molecule has 0 bridgehead atoms. The number of hydrogen-bond donors (Lipinski definition) is 0. The quantitative estimate of drug-likeness (QED) is 0.575. The summed E-state index contributed by atoms with van der Waals surface area (Å²) in [5.74, 6) is 0.950. The Hall–Kier alpha value is -2.80. The molecule has 0 radical (unpaired) electrons. The van der Waals surface area contributed by atoms with Crippen LogP contribution in [0.25, 0.3) is 11.3 Å². The van der Waals surface area contributed by atoms with Crippen LogP contribution in [0.2, 0.25) is 0 Å². The summed E-state index contributed by atoms with van der Waals surface area (Å²) in [5, 5.41) is 0. The molecule has 0 saturated carbocycles. The number of ether oxygens (including phenoxy) is 1. The SMILES string of the molecule is CC1(C)OC(c2ccccc2)=C(c2ccccc2)c2ccccc21. The third kappa shape index (κ3) is 2.43. The molecule has 0 saturated heterocycles. The van der Waals surface area contributed by atoms with E-state index in [1.54, 1.807) is 0 Å². The van der Waals surface area contributed by atoms with Gasteiger partial charge in [-0.1, -0.05) is 84.9 Å². The van der Waals surface area contributed by atoms with Gasteiger partial charge in [0.05, 0.1) is 0 Å². The molecule has 1 heterocycles. The van der Waals surface area contributed by atoms with Gasteiger partial charge in [0, 0.05) is 16.7 Å². The van der Waals surface area contributed by atoms with Gasteiger partial charge in [-0.05, 0) is 25.0 Å². The number of hydrogen-bond acceptors (Lipinski definition) is 1. The van der Waals surface area contributed by atoms with Gasteiger partial charge in [-0.25, -0.2) is 0 Å². The van der Waals surface area contributed by atoms with Gasteiger partial charge < -0.3 is 4.74 Å². The highest BCUT2D eigenvalue weighted by molar-refractivity contribution is 5.98. The van der Waals surface area contributed by atoms with E-state index >= 15 is 0 Å². The summed E-state index contributed by atoms with van der Waals surface area (Å²) in [6.45, 7) is 4.27. The van der Waals surface area contributed by atoms with Crippen LogP contribution in [0, 0.1) is 0 Å². The molecule has 0 N–H and O–H groups in total. The minimum Gasteiger partial charge on any atom is -0.482 e. The number of fused-ring (bicyclic) bond motifs is 1. The Bertz CT molecular complexity index is 890. The van der Waals surface area contributed by atoms with E-state index in [4.69, 9.17) is 4.74 Å². The van der Waals surface area contributed by atoms with Gasteiger partial charge in [-0.2, -0.15) is 0 Å². The Labute approximate surface area is 143 Å². The van der Waals surface area contributed by atoms with Crippen LogP contribution in [0.5, 0.6) is 0 Å². The van der Waals surface area contributed by atoms with Gasteiger partial charge >= 0.3 is 0 Å². The Morgan fingerprint density at radius 1 is 0.625 bits per heavy atom. The Morgan fingerprint density at radius 2 is 1.17 bits per heavy atom. The molecule has 1 aliphatic rings. The van der Waals surface area contributed by atoms with Gasteiger partial charge in [0.25, 0.3) is 0 Å². The summed E-state index contributed by atoms with van der Waals surface area (Å²) in [5.41, 5.74) is 5.57. The fourth-order valence-corrected chi connectivity index (χ4v) is 3.39. The highest BCUT2D eigenvalue weighted by Gasteiger charge is 2.34. The largest absolute Gasteiger partial charge is 0.482 e. The third-order valence-electron chi connectivity index (χ3n) is 4.53. The van der Waals surface area contributed by atoms with Crippen LogP contribution in [0.3, 0.4) is 0 Å². The van der Waals surface area contributed by atoms with Crippen molar-refractivity contribution in [3.8, 4) is 0 Å². The van der Waals surface area contributed by atoms with E-state index < -0.39 is 0 Å². The second-order valence-corrected chi connectivity index (χ2v) is 6.59. The van der Waals surface area contributed by atoms with Crippen LogP contribution in [0.1, 0.15) is 36.1 Å². The molecule has 0 spiro atoms. The van der Waals surface area contributed by atoms with Crippen LogP contribution < -0.4 is 0 Å². The fraction of sp³-hybridized carbons (Fsp3) is 0.130. The van der Waals surface area contributed by atoms with Crippen molar-refractivity contribution in [3.05, 3.63) is 107 Å². The second-order valence-electron chi connectivity index (χ2n) is 6.59. The molecule has 1 nitrogen and oxygen atoms in total. The van der Waals surface area contributed by atoms with E-state index in [-0.39, 0.29) is 5.60 Å². The zero-order valence-electron chi connectivity index (χ0n) is 14.0. The first kappa shape index (κ1) is 14.8. The zero-order chi connectivity index (χ0) is 16.6. The molecule has 4 rings (SSSR count). The minimum atomic E-state index is -0.361. The second kappa shape index (κ2) is 5.68. The van der Waals surface area contributed by atoms with Crippen molar-refractivity contribution < 1.29 is 4.74 Å². The molecular formula is C23H20O. The average Bonchev–Trinajstić information content (AvgIpc) is 2.63. The molecule has 0 fully saturated rings. The van der Waals surface area contributed by atoms with Crippen molar-refractivity contribution in [1.82, 2.24) is 0 Å². The summed E-state index contributed by atoms with van der Waals surface area (Å²) in [6, 6.07) is 29.4. The van der Waals surface area contributed by atoms with Gasteiger partial charge in [0.1, 0.15) is 11.4 Å². The molecule has 3 aromatic rings. The van der Waals surface area contributed by atoms with Gasteiger partial charge in [0.2, 0.25) is 0 Å². The maximum absolute atomic E-state index is 6.53. The van der Waals surface area contributed by atoms with Crippen LogP contribution >= 0.6 is 0 Å². The van der Waals surface area contributed by atoms with Crippen molar-refractivity contribution in [2.45, 2.75) is 19.4 Å². The molecule has 0 unspecified atom stereocenters. The van der Waals surface area contributed by atoms with E-state index in [1.165, 1.54) is 16.7 Å². The molecule has 118 valence electrons. The first-order valence-corrected chi connectivity index (χ1v) is 8.31.